The molecular formula is C20H26O2. The Balaban J connectivity index is 1.54. The molecule has 1 aromatic carbocycles. The van der Waals surface area contributed by atoms with Crippen LogP contribution < -0.4 is 4.74 Å². The summed E-state index contributed by atoms with van der Waals surface area (Å²) in [6, 6.07) is 4.78. The van der Waals surface area contributed by atoms with Crippen LogP contribution in [0, 0.1) is 17.3 Å². The van der Waals surface area contributed by atoms with Gasteiger partial charge >= 0.3 is 0 Å². The van der Waals surface area contributed by atoms with E-state index in [1.54, 1.807) is 5.56 Å². The monoisotopic (exact) mass is 298 g/mol. The van der Waals surface area contributed by atoms with Crippen molar-refractivity contribution in [3.8, 4) is 5.75 Å². The first-order valence-electron chi connectivity index (χ1n) is 9.09. The Bertz CT molecular complexity index is 637. The third-order valence-corrected chi connectivity index (χ3v) is 7.55. The maximum absolute atomic E-state index is 10.5. The Morgan fingerprint density at radius 1 is 1.14 bits per heavy atom. The molecule has 0 amide bonds. The zero-order valence-electron chi connectivity index (χ0n) is 13.6. The summed E-state index contributed by atoms with van der Waals surface area (Å²) in [5, 5.41) is 10.5. The molecule has 2 saturated carbocycles. The van der Waals surface area contributed by atoms with Crippen molar-refractivity contribution in [1.29, 1.82) is 0 Å². The minimum Gasteiger partial charge on any atom is -0.485 e. The van der Waals surface area contributed by atoms with E-state index < -0.39 is 0 Å². The Morgan fingerprint density at radius 2 is 2.00 bits per heavy atom. The zero-order valence-corrected chi connectivity index (χ0v) is 13.6. The first kappa shape index (κ1) is 13.4. The summed E-state index contributed by atoms with van der Waals surface area (Å²) in [7, 11) is 0. The van der Waals surface area contributed by atoms with Gasteiger partial charge in [-0.05, 0) is 91.9 Å². The predicted molar refractivity (Wildman–Crippen MR) is 86.1 cm³/mol. The van der Waals surface area contributed by atoms with E-state index in [4.69, 9.17) is 4.74 Å². The van der Waals surface area contributed by atoms with Gasteiger partial charge in [-0.15, -0.1) is 0 Å². The van der Waals surface area contributed by atoms with Crippen LogP contribution in [0.4, 0.5) is 0 Å². The van der Waals surface area contributed by atoms with E-state index in [0.29, 0.717) is 0 Å². The number of ether oxygens (including phenoxy) is 1. The highest BCUT2D eigenvalue weighted by atomic mass is 16.5. The van der Waals surface area contributed by atoms with Crippen LogP contribution in [-0.4, -0.2) is 11.2 Å². The average molecular weight is 298 g/mol. The summed E-state index contributed by atoms with van der Waals surface area (Å²) in [6.45, 7) is 4.51. The maximum atomic E-state index is 10.5. The van der Waals surface area contributed by atoms with Gasteiger partial charge in [-0.3, -0.25) is 0 Å². The molecule has 6 atom stereocenters. The molecule has 118 valence electrons. The molecule has 0 radical (unpaired) electrons. The van der Waals surface area contributed by atoms with E-state index in [0.717, 1.165) is 29.9 Å². The maximum Gasteiger partial charge on any atom is 0.127 e. The highest BCUT2D eigenvalue weighted by Crippen LogP contribution is 2.61. The lowest BCUT2D eigenvalue weighted by atomic mass is 9.55. The molecule has 5 rings (SSSR count). The van der Waals surface area contributed by atoms with Crippen LogP contribution in [0.1, 0.15) is 74.7 Å². The summed E-state index contributed by atoms with van der Waals surface area (Å²) >= 11 is 0. The van der Waals surface area contributed by atoms with Crippen molar-refractivity contribution in [1.82, 2.24) is 0 Å². The molecule has 2 fully saturated rings. The van der Waals surface area contributed by atoms with Crippen molar-refractivity contribution < 1.29 is 9.84 Å². The summed E-state index contributed by atoms with van der Waals surface area (Å²) in [6.07, 6.45) is 7.43. The van der Waals surface area contributed by atoms with E-state index in [-0.39, 0.29) is 17.6 Å². The highest BCUT2D eigenvalue weighted by molar-refractivity contribution is 5.50. The van der Waals surface area contributed by atoms with Gasteiger partial charge in [-0.25, -0.2) is 0 Å². The topological polar surface area (TPSA) is 29.5 Å². The number of aliphatic hydroxyl groups is 1. The third-order valence-electron chi connectivity index (χ3n) is 7.55. The zero-order chi connectivity index (χ0) is 15.1. The minimum absolute atomic E-state index is 0.0647. The Labute approximate surface area is 132 Å². The van der Waals surface area contributed by atoms with E-state index in [9.17, 15) is 5.11 Å². The lowest BCUT2D eigenvalue weighted by Crippen LogP contribution is -2.44. The lowest BCUT2D eigenvalue weighted by Gasteiger charge is -2.50. The second kappa shape index (κ2) is 4.29. The van der Waals surface area contributed by atoms with E-state index in [1.165, 1.54) is 43.2 Å². The predicted octanol–water partition coefficient (Wildman–Crippen LogP) is 4.36. The van der Waals surface area contributed by atoms with E-state index in [2.05, 4.69) is 26.0 Å². The molecule has 1 N–H and O–H groups in total. The van der Waals surface area contributed by atoms with E-state index in [1.807, 2.05) is 0 Å². The Kier molecular flexibility index (Phi) is 2.61. The van der Waals surface area contributed by atoms with Crippen molar-refractivity contribution >= 4 is 0 Å². The number of aryl methyl sites for hydroxylation is 1. The summed E-state index contributed by atoms with van der Waals surface area (Å²) in [4.78, 5) is 0. The van der Waals surface area contributed by atoms with Crippen molar-refractivity contribution in [2.24, 2.45) is 17.3 Å². The molecule has 22 heavy (non-hydrogen) atoms. The van der Waals surface area contributed by atoms with Gasteiger partial charge in [-0.1, -0.05) is 6.92 Å². The lowest BCUT2D eigenvalue weighted by molar-refractivity contribution is -0.0227. The molecule has 0 spiro atoms. The molecule has 2 nitrogen and oxygen atoms in total. The fourth-order valence-corrected chi connectivity index (χ4v) is 6.20. The first-order chi connectivity index (χ1) is 10.6. The molecular weight excluding hydrogens is 272 g/mol. The molecule has 1 aromatic rings. The number of fused-ring (bicyclic) bond motifs is 6. The fraction of sp³-hybridized carbons (Fsp3) is 0.700. The normalized spacial score (nSPS) is 45.0. The van der Waals surface area contributed by atoms with Gasteiger partial charge < -0.3 is 9.84 Å². The second-order valence-electron chi connectivity index (χ2n) is 8.40. The van der Waals surface area contributed by atoms with Crippen LogP contribution in [0.2, 0.25) is 0 Å². The molecule has 0 bridgehead atoms. The molecule has 2 heteroatoms. The van der Waals surface area contributed by atoms with Gasteiger partial charge in [0.2, 0.25) is 0 Å². The fourth-order valence-electron chi connectivity index (χ4n) is 6.20. The van der Waals surface area contributed by atoms with Crippen LogP contribution in [0.25, 0.3) is 0 Å². The van der Waals surface area contributed by atoms with Crippen molar-refractivity contribution in [3.63, 3.8) is 0 Å². The highest BCUT2D eigenvalue weighted by Gasteiger charge is 2.54. The van der Waals surface area contributed by atoms with Crippen LogP contribution in [0.5, 0.6) is 5.75 Å². The van der Waals surface area contributed by atoms with E-state index >= 15 is 0 Å². The molecule has 1 aliphatic heterocycles. The van der Waals surface area contributed by atoms with Gasteiger partial charge in [0.25, 0.3) is 0 Å². The Morgan fingerprint density at radius 3 is 2.82 bits per heavy atom. The quantitative estimate of drug-likeness (QED) is 0.771. The second-order valence-corrected chi connectivity index (χ2v) is 8.40. The van der Waals surface area contributed by atoms with Crippen LogP contribution in [0.15, 0.2) is 12.1 Å². The third kappa shape index (κ3) is 1.55. The average Bonchev–Trinajstić information content (AvgIpc) is 2.81. The Hall–Kier alpha value is -1.02. The molecule has 3 aliphatic carbocycles. The standard InChI is InChI=1S/C20H26O2/c1-11-15-10-16-12(9-18(15)22-11)3-4-14-13(16)7-8-20(2)17(14)5-6-19(20)21/h9-11,13-14,17,19,21H,3-8H2,1-2H3/t11?,13-,14+,17-,19+,20-/m0/s1. The van der Waals surface area contributed by atoms with Gasteiger partial charge in [0.1, 0.15) is 11.9 Å². The van der Waals surface area contributed by atoms with Gasteiger partial charge in [0.15, 0.2) is 0 Å². The van der Waals surface area contributed by atoms with Crippen molar-refractivity contribution in [2.45, 2.75) is 70.5 Å². The van der Waals surface area contributed by atoms with Crippen LogP contribution >= 0.6 is 0 Å². The molecule has 1 unspecified atom stereocenters. The summed E-state index contributed by atoms with van der Waals surface area (Å²) < 4.78 is 5.75. The number of hydrogen-bond donors (Lipinski definition) is 1. The molecule has 0 saturated heterocycles. The number of rotatable bonds is 0. The van der Waals surface area contributed by atoms with Gasteiger partial charge in [0, 0.05) is 5.56 Å². The van der Waals surface area contributed by atoms with Gasteiger partial charge in [0.05, 0.1) is 6.10 Å². The van der Waals surface area contributed by atoms with Crippen LogP contribution in [-0.2, 0) is 6.42 Å². The largest absolute Gasteiger partial charge is 0.485 e. The number of hydrogen-bond acceptors (Lipinski definition) is 2. The number of benzene rings is 1. The SMILES string of the molecule is CC1Oc2cc3c(cc21)[C@H]1CC[C@]2(C)[C@H](O)CC[C@H]2[C@@H]1CC3. The molecule has 0 aromatic heterocycles. The van der Waals surface area contributed by atoms with Crippen LogP contribution in [0.3, 0.4) is 0 Å². The minimum atomic E-state index is -0.0647. The van der Waals surface area contributed by atoms with Crippen molar-refractivity contribution in [3.05, 3.63) is 28.8 Å². The van der Waals surface area contributed by atoms with Gasteiger partial charge in [-0.2, -0.15) is 0 Å². The molecule has 1 heterocycles. The van der Waals surface area contributed by atoms with Crippen molar-refractivity contribution in [2.75, 3.05) is 0 Å². The first-order valence-corrected chi connectivity index (χ1v) is 9.09. The summed E-state index contributed by atoms with van der Waals surface area (Å²) in [5.74, 6) is 3.37. The smallest absolute Gasteiger partial charge is 0.127 e. The summed E-state index contributed by atoms with van der Waals surface area (Å²) in [5.41, 5.74) is 4.76. The number of aliphatic hydroxyl groups excluding tert-OH is 1. The molecule has 4 aliphatic rings.